The standard InChI is InChI=1S/C20H22F2N4O/c1-20(2,15-9-8-13-6-4-5-7-14(13)10-15)12-23-19(27)25-16-11-24-26(3)17(16)18(21)22/h4-11,18H,12H2,1-3H3,(H2,23,25,27). The minimum atomic E-state index is -2.72. The van der Waals surface area contributed by atoms with E-state index < -0.39 is 12.5 Å². The monoisotopic (exact) mass is 372 g/mol. The van der Waals surface area contributed by atoms with Crippen LogP contribution in [-0.2, 0) is 12.5 Å². The zero-order valence-corrected chi connectivity index (χ0v) is 15.5. The van der Waals surface area contributed by atoms with Crippen LogP contribution in [-0.4, -0.2) is 22.4 Å². The lowest BCUT2D eigenvalue weighted by molar-refractivity contribution is 0.141. The number of aryl methyl sites for hydroxylation is 1. The van der Waals surface area contributed by atoms with Crippen molar-refractivity contribution in [2.75, 3.05) is 11.9 Å². The van der Waals surface area contributed by atoms with E-state index in [1.165, 1.54) is 13.2 Å². The predicted octanol–water partition coefficient (Wildman–Crippen LogP) is 4.61. The van der Waals surface area contributed by atoms with Crippen LogP contribution in [0, 0.1) is 0 Å². The van der Waals surface area contributed by atoms with Crippen LogP contribution in [0.15, 0.2) is 48.7 Å². The molecule has 7 heteroatoms. The van der Waals surface area contributed by atoms with Gasteiger partial charge >= 0.3 is 6.03 Å². The highest BCUT2D eigenvalue weighted by Crippen LogP contribution is 2.27. The summed E-state index contributed by atoms with van der Waals surface area (Å²) < 4.78 is 27.2. The molecule has 2 N–H and O–H groups in total. The van der Waals surface area contributed by atoms with Gasteiger partial charge in [0.05, 0.1) is 11.9 Å². The van der Waals surface area contributed by atoms with E-state index in [2.05, 4.69) is 27.9 Å². The Bertz CT molecular complexity index is 966. The van der Waals surface area contributed by atoms with E-state index in [1.54, 1.807) is 0 Å². The summed E-state index contributed by atoms with van der Waals surface area (Å²) in [6.45, 7) is 4.39. The first kappa shape index (κ1) is 18.8. The Labute approximate surface area is 156 Å². The van der Waals surface area contributed by atoms with Gasteiger partial charge in [-0.2, -0.15) is 5.10 Å². The molecular formula is C20H22F2N4O. The molecular weight excluding hydrogens is 350 g/mol. The van der Waals surface area contributed by atoms with Crippen LogP contribution >= 0.6 is 0 Å². The Balaban J connectivity index is 1.68. The zero-order chi connectivity index (χ0) is 19.6. The lowest BCUT2D eigenvalue weighted by Gasteiger charge is -2.26. The molecule has 0 bridgehead atoms. The predicted molar refractivity (Wildman–Crippen MR) is 102 cm³/mol. The Morgan fingerprint density at radius 2 is 1.89 bits per heavy atom. The molecule has 3 rings (SSSR count). The number of anilines is 1. The molecule has 0 aliphatic rings. The number of urea groups is 1. The molecule has 27 heavy (non-hydrogen) atoms. The van der Waals surface area contributed by atoms with Crippen molar-refractivity contribution in [1.82, 2.24) is 15.1 Å². The van der Waals surface area contributed by atoms with E-state index in [1.807, 2.05) is 44.2 Å². The third-order valence-corrected chi connectivity index (χ3v) is 4.66. The van der Waals surface area contributed by atoms with Crippen molar-refractivity contribution in [1.29, 1.82) is 0 Å². The average molecular weight is 372 g/mol. The van der Waals surface area contributed by atoms with E-state index >= 15 is 0 Å². The molecule has 0 saturated carbocycles. The molecule has 3 aromatic rings. The van der Waals surface area contributed by atoms with Gasteiger partial charge in [0, 0.05) is 19.0 Å². The van der Waals surface area contributed by atoms with Crippen LogP contribution < -0.4 is 10.6 Å². The summed E-state index contributed by atoms with van der Waals surface area (Å²) in [7, 11) is 1.41. The molecule has 0 spiro atoms. The van der Waals surface area contributed by atoms with Gasteiger partial charge in [-0.25, -0.2) is 13.6 Å². The highest BCUT2D eigenvalue weighted by molar-refractivity contribution is 5.90. The van der Waals surface area contributed by atoms with Crippen LogP contribution in [0.25, 0.3) is 10.8 Å². The number of amides is 2. The summed E-state index contributed by atoms with van der Waals surface area (Å²) in [5, 5.41) is 11.3. The smallest absolute Gasteiger partial charge is 0.319 e. The van der Waals surface area contributed by atoms with E-state index in [9.17, 15) is 13.6 Å². The van der Waals surface area contributed by atoms with Crippen molar-refractivity contribution >= 4 is 22.5 Å². The van der Waals surface area contributed by atoms with Gasteiger partial charge < -0.3 is 10.6 Å². The molecule has 0 atom stereocenters. The van der Waals surface area contributed by atoms with E-state index in [4.69, 9.17) is 0 Å². The average Bonchev–Trinajstić information content (AvgIpc) is 3.00. The molecule has 1 heterocycles. The summed E-state index contributed by atoms with van der Waals surface area (Å²) in [6, 6.07) is 13.7. The first-order chi connectivity index (χ1) is 12.8. The van der Waals surface area contributed by atoms with Crippen LogP contribution in [0.2, 0.25) is 0 Å². The van der Waals surface area contributed by atoms with Gasteiger partial charge in [-0.3, -0.25) is 4.68 Å². The van der Waals surface area contributed by atoms with Crippen LogP contribution in [0.5, 0.6) is 0 Å². The third-order valence-electron chi connectivity index (χ3n) is 4.66. The zero-order valence-electron chi connectivity index (χ0n) is 15.5. The summed E-state index contributed by atoms with van der Waals surface area (Å²) >= 11 is 0. The Morgan fingerprint density at radius 3 is 2.59 bits per heavy atom. The minimum Gasteiger partial charge on any atom is -0.337 e. The molecule has 1 aromatic heterocycles. The lowest BCUT2D eigenvalue weighted by atomic mass is 9.83. The van der Waals surface area contributed by atoms with Crippen LogP contribution in [0.1, 0.15) is 31.5 Å². The second kappa shape index (κ2) is 7.34. The molecule has 0 aliphatic heterocycles. The number of carbonyl (C=O) groups is 1. The molecule has 2 aromatic carbocycles. The first-order valence-corrected chi connectivity index (χ1v) is 8.62. The van der Waals surface area contributed by atoms with Gasteiger partial charge in [-0.05, 0) is 16.3 Å². The van der Waals surface area contributed by atoms with Gasteiger partial charge in [-0.15, -0.1) is 0 Å². The van der Waals surface area contributed by atoms with E-state index in [0.29, 0.717) is 6.54 Å². The number of fused-ring (bicyclic) bond motifs is 1. The number of halogens is 2. The van der Waals surface area contributed by atoms with E-state index in [-0.39, 0.29) is 16.8 Å². The van der Waals surface area contributed by atoms with Crippen LogP contribution in [0.3, 0.4) is 0 Å². The number of carbonyl (C=O) groups excluding carboxylic acids is 1. The molecule has 2 amide bonds. The van der Waals surface area contributed by atoms with Crippen molar-refractivity contribution in [3.63, 3.8) is 0 Å². The molecule has 5 nitrogen and oxygen atoms in total. The summed E-state index contributed by atoms with van der Waals surface area (Å²) in [4.78, 5) is 12.2. The number of hydrogen-bond donors (Lipinski definition) is 2. The largest absolute Gasteiger partial charge is 0.337 e. The van der Waals surface area contributed by atoms with Crippen molar-refractivity contribution in [3.8, 4) is 0 Å². The summed E-state index contributed by atoms with van der Waals surface area (Å²) in [6.07, 6.45) is -1.50. The van der Waals surface area contributed by atoms with Crippen molar-refractivity contribution in [2.24, 2.45) is 7.05 Å². The normalized spacial score (nSPS) is 11.8. The Morgan fingerprint density at radius 1 is 1.19 bits per heavy atom. The van der Waals surface area contributed by atoms with Gasteiger partial charge in [0.2, 0.25) is 0 Å². The molecule has 142 valence electrons. The van der Waals surface area contributed by atoms with E-state index in [0.717, 1.165) is 21.0 Å². The topological polar surface area (TPSA) is 59.0 Å². The highest BCUT2D eigenvalue weighted by atomic mass is 19.3. The quantitative estimate of drug-likeness (QED) is 0.687. The molecule has 0 aliphatic carbocycles. The SMILES string of the molecule is Cn1ncc(NC(=O)NCC(C)(C)c2ccc3ccccc3c2)c1C(F)F. The minimum absolute atomic E-state index is 0.00788. The maximum absolute atomic E-state index is 13.1. The Kier molecular flexibility index (Phi) is 5.12. The number of hydrogen-bond acceptors (Lipinski definition) is 2. The highest BCUT2D eigenvalue weighted by Gasteiger charge is 2.23. The van der Waals surface area contributed by atoms with Gasteiger partial charge in [-0.1, -0.05) is 56.3 Å². The van der Waals surface area contributed by atoms with Crippen LogP contribution in [0.4, 0.5) is 19.3 Å². The third kappa shape index (κ3) is 4.07. The molecule has 0 radical (unpaired) electrons. The lowest BCUT2D eigenvalue weighted by Crippen LogP contribution is -2.39. The fourth-order valence-corrected chi connectivity index (χ4v) is 2.98. The van der Waals surface area contributed by atoms with Crippen molar-refractivity contribution in [2.45, 2.75) is 25.7 Å². The fourth-order valence-electron chi connectivity index (χ4n) is 2.98. The number of rotatable bonds is 5. The number of nitrogens with one attached hydrogen (secondary N) is 2. The molecule has 0 saturated heterocycles. The Hall–Kier alpha value is -2.96. The second-order valence-electron chi connectivity index (χ2n) is 7.12. The first-order valence-electron chi connectivity index (χ1n) is 8.62. The number of aromatic nitrogens is 2. The van der Waals surface area contributed by atoms with Gasteiger partial charge in [0.25, 0.3) is 6.43 Å². The maximum Gasteiger partial charge on any atom is 0.319 e. The number of nitrogens with zero attached hydrogens (tertiary/aromatic N) is 2. The van der Waals surface area contributed by atoms with Gasteiger partial charge in [0.1, 0.15) is 5.69 Å². The number of benzene rings is 2. The van der Waals surface area contributed by atoms with Crippen molar-refractivity contribution in [3.05, 3.63) is 59.9 Å². The second-order valence-corrected chi connectivity index (χ2v) is 7.12. The fraction of sp³-hybridized carbons (Fsp3) is 0.300. The summed E-state index contributed by atoms with van der Waals surface area (Å²) in [5.41, 5.74) is 0.436. The summed E-state index contributed by atoms with van der Waals surface area (Å²) in [5.74, 6) is 0. The maximum atomic E-state index is 13.1. The molecule has 0 unspecified atom stereocenters. The van der Waals surface area contributed by atoms with Crippen molar-refractivity contribution < 1.29 is 13.6 Å². The number of alkyl halides is 2. The van der Waals surface area contributed by atoms with Gasteiger partial charge in [0.15, 0.2) is 0 Å². The molecule has 0 fully saturated rings.